The molecule has 2 aliphatic heterocycles. The first kappa shape index (κ1) is 112. The number of amides is 2. The number of phosphoric acid groups is 1. The van der Waals surface area contributed by atoms with Crippen molar-refractivity contribution in [1.29, 1.82) is 0 Å². The molecule has 0 unspecified atom stereocenters. The van der Waals surface area contributed by atoms with Crippen LogP contribution in [-0.2, 0) is 71.0 Å². The zero-order chi connectivity index (χ0) is 87.7. The van der Waals surface area contributed by atoms with Gasteiger partial charge in [0.2, 0.25) is 11.8 Å². The number of aliphatic hydroxyl groups is 4. The Morgan fingerprint density at radius 1 is 0.400 bits per heavy atom. The fraction of sp³-hybridized carbons (Fsp3) is 0.917. The van der Waals surface area contributed by atoms with E-state index in [9.17, 15) is 58.8 Å². The molecule has 0 spiro atoms. The highest BCUT2D eigenvalue weighted by Crippen LogP contribution is 2.42. The monoisotopic (exact) mass is 1730 g/mol. The quantitative estimate of drug-likeness (QED) is 0.00922. The number of hydrogen-bond acceptors (Lipinski definition) is 19. The SMILES string of the molecule is CCCCCC/C=C\CCCCCCCC(=O)O[C@H](CCCCCCCCCCC)CC(=O)N[C@H]1[C@H](OC[C@H]2O[C@H](OP(=O)(O)O)[C@H](NC(=O)C[C@H](O)CCCCCCCCCCC)[C@@H](OC(=O)C[C@H](O)CCCCCCCCCCC)[C@@H]2O)O[C@H](CO)C[C@@H]1OC(=O)C[C@@H](CCCCCCCCCCC)OC(=O)CCCCCCCCCCC. The molecule has 0 aromatic carbocycles. The third-order valence-corrected chi connectivity index (χ3v) is 24.1. The molecule has 0 saturated carbocycles. The Hall–Kier alpha value is -3.61. The van der Waals surface area contributed by atoms with Gasteiger partial charge in [-0.3, -0.25) is 33.3 Å². The van der Waals surface area contributed by atoms with E-state index in [-0.39, 0.29) is 44.9 Å². The Balaban J connectivity index is 2.69. The largest absolute Gasteiger partial charge is 0.472 e. The maximum atomic E-state index is 15.0. The number of carbonyl (C=O) groups excluding carboxylic acids is 6. The van der Waals surface area contributed by atoms with Crippen LogP contribution >= 0.6 is 7.82 Å². The van der Waals surface area contributed by atoms with E-state index in [4.69, 9.17) is 37.7 Å². The second-order valence-electron chi connectivity index (χ2n) is 35.2. The molecule has 13 atom stereocenters. The van der Waals surface area contributed by atoms with E-state index in [1.165, 1.54) is 109 Å². The second kappa shape index (κ2) is 76.6. The molecule has 2 amide bonds. The molecular weight excluding hydrogens is 1550 g/mol. The summed E-state index contributed by atoms with van der Waals surface area (Å²) in [6, 6.07) is -3.25. The summed E-state index contributed by atoms with van der Waals surface area (Å²) in [5, 5.41) is 51.5. The predicted octanol–water partition coefficient (Wildman–Crippen LogP) is 22.1. The summed E-state index contributed by atoms with van der Waals surface area (Å²) in [7, 11) is -5.58. The first-order chi connectivity index (χ1) is 58.2. The van der Waals surface area contributed by atoms with Crippen molar-refractivity contribution in [3.05, 3.63) is 12.2 Å². The average molecular weight is 1730 g/mol. The molecule has 120 heavy (non-hydrogen) atoms. The lowest BCUT2D eigenvalue weighted by Gasteiger charge is -2.45. The number of unbranched alkanes of at least 4 members (excludes halogenated alkanes) is 49. The molecule has 704 valence electrons. The summed E-state index contributed by atoms with van der Waals surface area (Å²) in [6.07, 6.45) is 47.0. The fourth-order valence-electron chi connectivity index (χ4n) is 16.3. The van der Waals surface area contributed by atoms with Crippen LogP contribution in [0.3, 0.4) is 0 Å². The highest BCUT2D eigenvalue weighted by molar-refractivity contribution is 7.46. The van der Waals surface area contributed by atoms with Crippen molar-refractivity contribution >= 4 is 43.5 Å². The fourth-order valence-corrected chi connectivity index (χ4v) is 16.8. The van der Waals surface area contributed by atoms with E-state index in [0.717, 1.165) is 212 Å². The summed E-state index contributed by atoms with van der Waals surface area (Å²) in [5.41, 5.74) is 0. The number of aliphatic hydroxyl groups excluding tert-OH is 4. The molecule has 8 N–H and O–H groups in total. The number of esters is 4. The first-order valence-corrected chi connectivity index (χ1v) is 51.1. The molecule has 2 aliphatic rings. The number of allylic oxidation sites excluding steroid dienone is 2. The highest BCUT2D eigenvalue weighted by atomic mass is 31.2. The number of phosphoric ester groups is 1. The van der Waals surface area contributed by atoms with Crippen LogP contribution < -0.4 is 10.6 Å². The van der Waals surface area contributed by atoms with Gasteiger partial charge < -0.3 is 74.0 Å². The smallest absolute Gasteiger partial charge is 0.462 e. The Kier molecular flexibility index (Phi) is 71.8. The van der Waals surface area contributed by atoms with Gasteiger partial charge in [-0.1, -0.05) is 362 Å². The van der Waals surface area contributed by atoms with Crippen LogP contribution in [0.2, 0.25) is 0 Å². The molecule has 24 heteroatoms. The van der Waals surface area contributed by atoms with Gasteiger partial charge in [0.25, 0.3) is 0 Å². The van der Waals surface area contributed by atoms with Gasteiger partial charge in [-0.25, -0.2) is 4.57 Å². The second-order valence-corrected chi connectivity index (χ2v) is 36.4. The van der Waals surface area contributed by atoms with Crippen LogP contribution in [-0.4, -0.2) is 159 Å². The average Bonchev–Trinajstić information content (AvgIpc) is 0.791. The van der Waals surface area contributed by atoms with Gasteiger partial charge in [-0.2, -0.15) is 0 Å². The summed E-state index contributed by atoms with van der Waals surface area (Å²) in [4.78, 5) is 106. The van der Waals surface area contributed by atoms with Crippen LogP contribution in [0.25, 0.3) is 0 Å². The van der Waals surface area contributed by atoms with Crippen LogP contribution in [0.15, 0.2) is 12.2 Å². The Morgan fingerprint density at radius 2 is 0.742 bits per heavy atom. The van der Waals surface area contributed by atoms with Gasteiger partial charge >= 0.3 is 31.7 Å². The van der Waals surface area contributed by atoms with E-state index < -0.39 is 149 Å². The van der Waals surface area contributed by atoms with Crippen LogP contribution in [0, 0.1) is 0 Å². The number of ether oxygens (including phenoxy) is 7. The van der Waals surface area contributed by atoms with Crippen molar-refractivity contribution in [3.8, 4) is 0 Å². The maximum Gasteiger partial charge on any atom is 0.472 e. The molecule has 2 fully saturated rings. The van der Waals surface area contributed by atoms with Crippen LogP contribution in [0.4, 0.5) is 0 Å². The molecule has 2 saturated heterocycles. The third-order valence-electron chi connectivity index (χ3n) is 23.7. The molecule has 0 radical (unpaired) electrons. The lowest BCUT2D eigenvalue weighted by Crippen LogP contribution is -2.66. The minimum atomic E-state index is -5.58. The Bertz CT molecular complexity index is 2560. The summed E-state index contributed by atoms with van der Waals surface area (Å²) >= 11 is 0. The molecule has 2 heterocycles. The van der Waals surface area contributed by atoms with E-state index in [1.54, 1.807) is 0 Å². The van der Waals surface area contributed by atoms with Crippen molar-refractivity contribution in [2.24, 2.45) is 0 Å². The minimum absolute atomic E-state index is 0.168. The highest BCUT2D eigenvalue weighted by Gasteiger charge is 2.52. The standard InChI is InChI=1S/C96H179N2O21P/c1-7-13-19-25-31-37-38-39-40-46-52-58-63-69-87(104)113-80(67-61-55-49-43-34-28-22-16-10-4)74-86(103)97-91-83(116-90(107)75-81(68-62-56-50-44-35-29-23-17-11-5)114-88(105)70-64-57-51-45-36-30-24-18-12-6)73-82(76-99)115-95(91)112-77-84-93(108)94(118-89(106)72-79(101)66-60-54-48-42-33-27-21-15-9-3)92(96(117-84)119-120(109,110)111)98-85(102)71-78(100)65-59-53-47-41-32-26-20-14-8-2/h37-38,78-84,91-96,99-101,108H,7-36,39-77H2,1-6H3,(H,97,103)(H,98,102)(H2,109,110,111)/b38-37-/t78-,79-,80-,81-,82+,83+,84-,91-,92-,93-,94-,95-,96-/m1/s1. The molecule has 0 aromatic heterocycles. The molecule has 0 aromatic rings. The van der Waals surface area contributed by atoms with Crippen molar-refractivity contribution in [2.45, 2.75) is 551 Å². The van der Waals surface area contributed by atoms with Crippen molar-refractivity contribution in [2.75, 3.05) is 13.2 Å². The zero-order valence-corrected chi connectivity index (χ0v) is 77.6. The molecule has 0 aliphatic carbocycles. The van der Waals surface area contributed by atoms with Gasteiger partial charge in [-0.05, 0) is 77.0 Å². The first-order valence-electron chi connectivity index (χ1n) is 49.5. The molecule has 2 rings (SSSR count). The summed E-state index contributed by atoms with van der Waals surface area (Å²) in [5.74, 6) is -4.11. The minimum Gasteiger partial charge on any atom is -0.462 e. The molecule has 23 nitrogen and oxygen atoms in total. The van der Waals surface area contributed by atoms with E-state index in [2.05, 4.69) is 64.3 Å². The van der Waals surface area contributed by atoms with Crippen LogP contribution in [0.1, 0.15) is 472 Å². The molecular formula is C96H179N2O21P. The molecule has 0 bridgehead atoms. The van der Waals surface area contributed by atoms with Gasteiger partial charge in [-0.15, -0.1) is 0 Å². The van der Waals surface area contributed by atoms with Gasteiger partial charge in [0, 0.05) is 19.3 Å². The Morgan fingerprint density at radius 3 is 1.15 bits per heavy atom. The summed E-state index contributed by atoms with van der Waals surface area (Å²) < 4.78 is 62.0. The third kappa shape index (κ3) is 61.7. The van der Waals surface area contributed by atoms with Crippen LogP contribution in [0.5, 0.6) is 0 Å². The number of rotatable bonds is 83. The van der Waals surface area contributed by atoms with Gasteiger partial charge in [0.05, 0.1) is 57.2 Å². The lowest BCUT2D eigenvalue weighted by molar-refractivity contribution is -0.284. The van der Waals surface area contributed by atoms with Crippen molar-refractivity contribution in [1.82, 2.24) is 10.6 Å². The predicted molar refractivity (Wildman–Crippen MR) is 477 cm³/mol. The van der Waals surface area contributed by atoms with E-state index in [0.29, 0.717) is 51.4 Å². The van der Waals surface area contributed by atoms with Crippen molar-refractivity contribution in [3.63, 3.8) is 0 Å². The van der Waals surface area contributed by atoms with Crippen molar-refractivity contribution < 1.29 is 101 Å². The number of hydrogen-bond donors (Lipinski definition) is 8. The van der Waals surface area contributed by atoms with E-state index >= 15 is 4.79 Å². The van der Waals surface area contributed by atoms with Gasteiger partial charge in [0.15, 0.2) is 18.7 Å². The Labute approximate surface area is 728 Å². The topological polar surface area (TPSA) is 339 Å². The maximum absolute atomic E-state index is 15.0. The van der Waals surface area contributed by atoms with Gasteiger partial charge in [0.1, 0.15) is 42.6 Å². The zero-order valence-electron chi connectivity index (χ0n) is 76.7. The summed E-state index contributed by atoms with van der Waals surface area (Å²) in [6.45, 7) is 11.7. The lowest BCUT2D eigenvalue weighted by atomic mass is 9.95. The normalized spacial score (nSPS) is 19.9. The van der Waals surface area contributed by atoms with E-state index in [1.807, 2.05) is 0 Å². The number of carbonyl (C=O) groups is 6. The number of nitrogens with one attached hydrogen (secondary N) is 2.